The van der Waals surface area contributed by atoms with Crippen molar-refractivity contribution in [2.45, 2.75) is 134 Å². The first-order chi connectivity index (χ1) is 15.2. The highest BCUT2D eigenvalue weighted by molar-refractivity contribution is 4.88. The highest BCUT2D eigenvalue weighted by atomic mass is 16.6. The SMILES string of the molecule is CCCC/C=C/CCCCCCCCCCCCCCO[C@@H]1CO[C@H]([C@@H](O)CO)[C@@H]1O. The molecule has 0 aromatic heterocycles. The number of aliphatic hydroxyl groups is 3. The summed E-state index contributed by atoms with van der Waals surface area (Å²) in [5.41, 5.74) is 0. The number of allylic oxidation sites excluding steroid dienone is 2. The van der Waals surface area contributed by atoms with Crippen LogP contribution in [0.15, 0.2) is 12.2 Å². The molecular formula is C26H50O5. The van der Waals surface area contributed by atoms with Gasteiger partial charge in [-0.25, -0.2) is 0 Å². The van der Waals surface area contributed by atoms with Crippen LogP contribution in [0, 0.1) is 0 Å². The third-order valence-corrected chi connectivity index (χ3v) is 6.22. The van der Waals surface area contributed by atoms with E-state index in [2.05, 4.69) is 19.1 Å². The zero-order valence-electron chi connectivity index (χ0n) is 20.1. The fraction of sp³-hybridized carbons (Fsp3) is 0.923. The molecule has 0 aromatic carbocycles. The minimum absolute atomic E-state index is 0.277. The normalized spacial score (nSPS) is 22.5. The van der Waals surface area contributed by atoms with E-state index in [0.717, 1.165) is 12.8 Å². The van der Waals surface area contributed by atoms with Gasteiger partial charge >= 0.3 is 0 Å². The van der Waals surface area contributed by atoms with Gasteiger partial charge in [0, 0.05) is 6.61 Å². The molecule has 0 unspecified atom stereocenters. The van der Waals surface area contributed by atoms with E-state index < -0.39 is 31.0 Å². The number of hydrogen-bond donors (Lipinski definition) is 3. The van der Waals surface area contributed by atoms with Crippen LogP contribution in [-0.2, 0) is 9.47 Å². The summed E-state index contributed by atoms with van der Waals surface area (Å²) in [5, 5.41) is 28.6. The molecule has 1 fully saturated rings. The van der Waals surface area contributed by atoms with E-state index in [1.165, 1.54) is 89.9 Å². The molecule has 0 bridgehead atoms. The highest BCUT2D eigenvalue weighted by Gasteiger charge is 2.40. The summed E-state index contributed by atoms with van der Waals surface area (Å²) in [5.74, 6) is 0. The second-order valence-electron chi connectivity index (χ2n) is 9.09. The minimum atomic E-state index is -1.05. The minimum Gasteiger partial charge on any atom is -0.394 e. The average molecular weight is 443 g/mol. The van der Waals surface area contributed by atoms with Crippen LogP contribution < -0.4 is 0 Å². The lowest BCUT2D eigenvalue weighted by molar-refractivity contribution is -0.0730. The van der Waals surface area contributed by atoms with E-state index in [1.807, 2.05) is 0 Å². The number of hydrogen-bond acceptors (Lipinski definition) is 5. The molecule has 0 saturated carbocycles. The Morgan fingerprint density at radius 3 is 1.90 bits per heavy atom. The third kappa shape index (κ3) is 14.3. The molecule has 1 heterocycles. The Morgan fingerprint density at radius 2 is 1.35 bits per heavy atom. The highest BCUT2D eigenvalue weighted by Crippen LogP contribution is 2.20. The van der Waals surface area contributed by atoms with E-state index >= 15 is 0 Å². The Morgan fingerprint density at radius 1 is 0.839 bits per heavy atom. The van der Waals surface area contributed by atoms with Gasteiger partial charge in [-0.3, -0.25) is 0 Å². The van der Waals surface area contributed by atoms with Crippen molar-refractivity contribution < 1.29 is 24.8 Å². The van der Waals surface area contributed by atoms with Crippen LogP contribution in [-0.4, -0.2) is 59.6 Å². The molecule has 1 aliphatic heterocycles. The molecule has 5 nitrogen and oxygen atoms in total. The Kier molecular flexibility index (Phi) is 18.6. The summed E-state index contributed by atoms with van der Waals surface area (Å²) in [6.45, 7) is 2.72. The fourth-order valence-corrected chi connectivity index (χ4v) is 4.13. The maximum absolute atomic E-state index is 10.1. The number of unbranched alkanes of at least 4 members (excludes halogenated alkanes) is 14. The van der Waals surface area contributed by atoms with Crippen LogP contribution in [0.25, 0.3) is 0 Å². The van der Waals surface area contributed by atoms with Crippen LogP contribution in [0.3, 0.4) is 0 Å². The summed E-state index contributed by atoms with van der Waals surface area (Å²) in [6.07, 6.45) is 22.5. The molecule has 0 radical (unpaired) electrons. The largest absolute Gasteiger partial charge is 0.394 e. The summed E-state index contributed by atoms with van der Waals surface area (Å²) in [6, 6.07) is 0. The second-order valence-corrected chi connectivity index (χ2v) is 9.09. The van der Waals surface area contributed by atoms with Crippen molar-refractivity contribution in [1.82, 2.24) is 0 Å². The molecule has 3 N–H and O–H groups in total. The van der Waals surface area contributed by atoms with Crippen molar-refractivity contribution in [3.8, 4) is 0 Å². The molecule has 0 amide bonds. The molecule has 0 aromatic rings. The van der Waals surface area contributed by atoms with Gasteiger partial charge in [-0.2, -0.15) is 0 Å². The van der Waals surface area contributed by atoms with Gasteiger partial charge in [0.1, 0.15) is 24.4 Å². The van der Waals surface area contributed by atoms with Crippen LogP contribution in [0.2, 0.25) is 0 Å². The van der Waals surface area contributed by atoms with E-state index in [1.54, 1.807) is 0 Å². The molecule has 0 aliphatic carbocycles. The van der Waals surface area contributed by atoms with Gasteiger partial charge in [0.2, 0.25) is 0 Å². The molecule has 31 heavy (non-hydrogen) atoms. The number of aliphatic hydroxyl groups excluding tert-OH is 3. The van der Waals surface area contributed by atoms with E-state index in [9.17, 15) is 10.2 Å². The zero-order chi connectivity index (χ0) is 22.6. The first-order valence-electron chi connectivity index (χ1n) is 13.1. The Labute approximate surface area is 191 Å². The van der Waals surface area contributed by atoms with E-state index in [0.29, 0.717) is 6.61 Å². The molecule has 0 spiro atoms. The molecular weight excluding hydrogens is 392 g/mol. The Balaban J connectivity index is 1.78. The first-order valence-corrected chi connectivity index (χ1v) is 13.1. The van der Waals surface area contributed by atoms with Gasteiger partial charge in [0.15, 0.2) is 0 Å². The predicted octanol–water partition coefficient (Wildman–Crippen LogP) is 5.30. The van der Waals surface area contributed by atoms with Crippen molar-refractivity contribution in [3.63, 3.8) is 0 Å². The van der Waals surface area contributed by atoms with Crippen LogP contribution in [0.5, 0.6) is 0 Å². The maximum atomic E-state index is 10.1. The predicted molar refractivity (Wildman–Crippen MR) is 127 cm³/mol. The summed E-state index contributed by atoms with van der Waals surface area (Å²) < 4.78 is 11.0. The third-order valence-electron chi connectivity index (χ3n) is 6.22. The van der Waals surface area contributed by atoms with Crippen molar-refractivity contribution >= 4 is 0 Å². The molecule has 1 aliphatic rings. The number of rotatable bonds is 21. The average Bonchev–Trinajstić information content (AvgIpc) is 3.15. The maximum Gasteiger partial charge on any atom is 0.114 e. The lowest BCUT2D eigenvalue weighted by atomic mass is 10.0. The lowest BCUT2D eigenvalue weighted by Crippen LogP contribution is -2.41. The van der Waals surface area contributed by atoms with Crippen LogP contribution in [0.1, 0.15) is 110 Å². The molecule has 1 rings (SSSR count). The van der Waals surface area contributed by atoms with E-state index in [-0.39, 0.29) is 6.61 Å². The van der Waals surface area contributed by atoms with Gasteiger partial charge in [0.25, 0.3) is 0 Å². The van der Waals surface area contributed by atoms with Gasteiger partial charge in [0.05, 0.1) is 13.2 Å². The smallest absolute Gasteiger partial charge is 0.114 e. The van der Waals surface area contributed by atoms with Crippen LogP contribution >= 0.6 is 0 Å². The monoisotopic (exact) mass is 442 g/mol. The zero-order valence-corrected chi connectivity index (χ0v) is 20.1. The summed E-state index contributed by atoms with van der Waals surface area (Å²) in [7, 11) is 0. The Bertz CT molecular complexity index is 415. The first kappa shape index (κ1) is 28.6. The van der Waals surface area contributed by atoms with Gasteiger partial charge in [-0.05, 0) is 25.7 Å². The molecule has 184 valence electrons. The van der Waals surface area contributed by atoms with Crippen molar-refractivity contribution in [3.05, 3.63) is 12.2 Å². The number of ether oxygens (including phenoxy) is 2. The molecule has 5 heteroatoms. The van der Waals surface area contributed by atoms with E-state index in [4.69, 9.17) is 14.6 Å². The standard InChI is InChI=1S/C26H50O5/c1-2-3-4-5-6-7-8-9-10-11-12-13-14-15-16-17-18-19-20-30-24-22-31-26(25(24)29)23(28)21-27/h5-6,23-29H,2-4,7-22H2,1H3/b6-5+/t23-,24+,25+,26+/m0/s1. The lowest BCUT2D eigenvalue weighted by Gasteiger charge is -2.20. The van der Waals surface area contributed by atoms with Crippen molar-refractivity contribution in [2.24, 2.45) is 0 Å². The van der Waals surface area contributed by atoms with Gasteiger partial charge in [-0.15, -0.1) is 0 Å². The van der Waals surface area contributed by atoms with Gasteiger partial charge in [-0.1, -0.05) is 96.1 Å². The summed E-state index contributed by atoms with van der Waals surface area (Å²) in [4.78, 5) is 0. The van der Waals surface area contributed by atoms with Gasteiger partial charge < -0.3 is 24.8 Å². The fourth-order valence-electron chi connectivity index (χ4n) is 4.13. The van der Waals surface area contributed by atoms with Crippen LogP contribution in [0.4, 0.5) is 0 Å². The molecule has 4 atom stereocenters. The molecule has 1 saturated heterocycles. The Hall–Kier alpha value is -0.460. The van der Waals surface area contributed by atoms with Crippen molar-refractivity contribution in [2.75, 3.05) is 19.8 Å². The second kappa shape index (κ2) is 20.2. The quantitative estimate of drug-likeness (QED) is 0.166. The van der Waals surface area contributed by atoms with Crippen molar-refractivity contribution in [1.29, 1.82) is 0 Å². The summed E-state index contributed by atoms with van der Waals surface area (Å²) >= 11 is 0. The topological polar surface area (TPSA) is 79.2 Å².